The van der Waals surface area contributed by atoms with Crippen LogP contribution in [0.5, 0.6) is 0 Å². The summed E-state index contributed by atoms with van der Waals surface area (Å²) in [6.07, 6.45) is 5.95. The van der Waals surface area contributed by atoms with Crippen LogP contribution >= 0.6 is 0 Å². The lowest BCUT2D eigenvalue weighted by Crippen LogP contribution is -2.52. The summed E-state index contributed by atoms with van der Waals surface area (Å²) in [6.45, 7) is 6.46. The monoisotopic (exact) mass is 251 g/mol. The number of ether oxygens (including phenoxy) is 1. The molecule has 2 bridgehead atoms. The average Bonchev–Trinajstić information content (AvgIpc) is 2.74. The van der Waals surface area contributed by atoms with E-state index in [2.05, 4.69) is 4.90 Å². The van der Waals surface area contributed by atoms with E-state index in [1.165, 1.54) is 38.8 Å². The smallest absolute Gasteiger partial charge is 0.306 e. The molecule has 0 aromatic heterocycles. The van der Waals surface area contributed by atoms with E-state index in [1.807, 2.05) is 13.8 Å². The zero-order chi connectivity index (χ0) is 12.7. The van der Waals surface area contributed by atoms with Crippen molar-refractivity contribution in [1.82, 2.24) is 4.90 Å². The van der Waals surface area contributed by atoms with Crippen molar-refractivity contribution in [2.45, 2.75) is 58.1 Å². The molecule has 18 heavy (non-hydrogen) atoms. The minimum Gasteiger partial charge on any atom is -0.463 e. The van der Waals surface area contributed by atoms with Crippen molar-refractivity contribution in [3.63, 3.8) is 0 Å². The molecule has 4 fully saturated rings. The second-order valence-electron chi connectivity index (χ2n) is 6.68. The lowest BCUT2D eigenvalue weighted by Gasteiger charge is -2.48. The summed E-state index contributed by atoms with van der Waals surface area (Å²) in [5.41, 5.74) is 0. The number of esters is 1. The van der Waals surface area contributed by atoms with Crippen LogP contribution in [0.15, 0.2) is 0 Å². The third kappa shape index (κ3) is 2.29. The summed E-state index contributed by atoms with van der Waals surface area (Å²) < 4.78 is 5.28. The van der Waals surface area contributed by atoms with Gasteiger partial charge in [0, 0.05) is 12.5 Å². The second-order valence-corrected chi connectivity index (χ2v) is 6.68. The van der Waals surface area contributed by atoms with Crippen molar-refractivity contribution in [3.05, 3.63) is 0 Å². The number of nitrogens with zero attached hydrogens (tertiary/aromatic N) is 1. The SMILES string of the molecule is CC(C)OC(=O)CC1CC2C3CCN(CC3)C2C1. The van der Waals surface area contributed by atoms with Gasteiger partial charge in [0.2, 0.25) is 0 Å². The van der Waals surface area contributed by atoms with Gasteiger partial charge >= 0.3 is 5.97 Å². The van der Waals surface area contributed by atoms with Crippen molar-refractivity contribution >= 4 is 5.97 Å². The predicted molar refractivity (Wildman–Crippen MR) is 70.1 cm³/mol. The molecule has 0 aromatic carbocycles. The molecule has 3 saturated heterocycles. The molecule has 4 aliphatic rings. The fourth-order valence-corrected chi connectivity index (χ4v) is 4.47. The van der Waals surface area contributed by atoms with Crippen LogP contribution in [0.25, 0.3) is 0 Å². The van der Waals surface area contributed by atoms with Crippen molar-refractivity contribution in [2.75, 3.05) is 13.1 Å². The average molecular weight is 251 g/mol. The van der Waals surface area contributed by atoms with Gasteiger partial charge in [-0.2, -0.15) is 0 Å². The summed E-state index contributed by atoms with van der Waals surface area (Å²) in [5.74, 6) is 2.42. The topological polar surface area (TPSA) is 29.5 Å². The quantitative estimate of drug-likeness (QED) is 0.722. The highest BCUT2D eigenvalue weighted by Crippen LogP contribution is 2.48. The normalized spacial score (nSPS) is 42.1. The number of rotatable bonds is 3. The number of carbonyl (C=O) groups is 1. The van der Waals surface area contributed by atoms with E-state index in [0.717, 1.165) is 17.9 Å². The Kier molecular flexibility index (Phi) is 3.35. The van der Waals surface area contributed by atoms with Crippen LogP contribution in [0.3, 0.4) is 0 Å². The summed E-state index contributed by atoms with van der Waals surface area (Å²) in [7, 11) is 0. The zero-order valence-corrected chi connectivity index (χ0v) is 11.6. The molecule has 3 unspecified atom stereocenters. The van der Waals surface area contributed by atoms with Gasteiger partial charge in [0.1, 0.15) is 0 Å². The number of fused-ring (bicyclic) bond motifs is 2. The first kappa shape index (κ1) is 12.5. The van der Waals surface area contributed by atoms with Crippen molar-refractivity contribution in [3.8, 4) is 0 Å². The molecule has 3 heterocycles. The van der Waals surface area contributed by atoms with E-state index in [1.54, 1.807) is 0 Å². The first-order valence-electron chi connectivity index (χ1n) is 7.57. The van der Waals surface area contributed by atoms with Gasteiger partial charge in [0.05, 0.1) is 6.10 Å². The van der Waals surface area contributed by atoms with Crippen LogP contribution in [0.2, 0.25) is 0 Å². The van der Waals surface area contributed by atoms with E-state index < -0.39 is 0 Å². The van der Waals surface area contributed by atoms with Crippen LogP contribution in [0, 0.1) is 17.8 Å². The fourth-order valence-electron chi connectivity index (χ4n) is 4.47. The van der Waals surface area contributed by atoms with Crippen molar-refractivity contribution in [2.24, 2.45) is 17.8 Å². The Bertz CT molecular complexity index is 300. The van der Waals surface area contributed by atoms with E-state index in [-0.39, 0.29) is 12.1 Å². The third-order valence-electron chi connectivity index (χ3n) is 5.15. The first-order chi connectivity index (χ1) is 8.63. The standard InChI is InChI=1S/C15H25NO2/c1-10(2)18-15(17)9-11-7-13-12-3-5-16(6-4-12)14(13)8-11/h10-14H,3-9H2,1-2H3. The molecule has 1 saturated carbocycles. The van der Waals surface area contributed by atoms with Gasteiger partial charge in [0.15, 0.2) is 0 Å². The summed E-state index contributed by atoms with van der Waals surface area (Å²) >= 11 is 0. The number of carbonyl (C=O) groups excluding carboxylic acids is 1. The molecule has 3 aliphatic heterocycles. The van der Waals surface area contributed by atoms with E-state index in [0.29, 0.717) is 12.3 Å². The highest BCUT2D eigenvalue weighted by atomic mass is 16.5. The van der Waals surface area contributed by atoms with Crippen LogP contribution in [0.1, 0.15) is 46.0 Å². The minimum atomic E-state index is 0.0102. The van der Waals surface area contributed by atoms with Crippen molar-refractivity contribution < 1.29 is 9.53 Å². The molecular weight excluding hydrogens is 226 g/mol. The third-order valence-corrected chi connectivity index (χ3v) is 5.15. The minimum absolute atomic E-state index is 0.0102. The van der Waals surface area contributed by atoms with Crippen LogP contribution < -0.4 is 0 Å². The molecule has 0 radical (unpaired) electrons. The molecule has 0 N–H and O–H groups in total. The molecule has 3 nitrogen and oxygen atoms in total. The Morgan fingerprint density at radius 2 is 2.00 bits per heavy atom. The molecular formula is C15H25NO2. The highest BCUT2D eigenvalue weighted by Gasteiger charge is 2.47. The molecule has 0 aromatic rings. The van der Waals surface area contributed by atoms with Gasteiger partial charge in [-0.1, -0.05) is 0 Å². The zero-order valence-electron chi connectivity index (χ0n) is 11.6. The summed E-state index contributed by atoms with van der Waals surface area (Å²) in [6, 6.07) is 0.786. The highest BCUT2D eigenvalue weighted by molar-refractivity contribution is 5.69. The second kappa shape index (κ2) is 4.84. The molecule has 0 amide bonds. The van der Waals surface area contributed by atoms with Crippen LogP contribution in [0.4, 0.5) is 0 Å². The van der Waals surface area contributed by atoms with Gasteiger partial charge < -0.3 is 9.64 Å². The number of hydrogen-bond donors (Lipinski definition) is 0. The van der Waals surface area contributed by atoms with Gasteiger partial charge in [-0.3, -0.25) is 4.79 Å². The van der Waals surface area contributed by atoms with Crippen LogP contribution in [-0.4, -0.2) is 36.1 Å². The molecule has 0 spiro atoms. The lowest BCUT2D eigenvalue weighted by atomic mass is 9.75. The molecule has 3 heteroatoms. The van der Waals surface area contributed by atoms with Crippen LogP contribution in [-0.2, 0) is 9.53 Å². The maximum absolute atomic E-state index is 11.8. The van der Waals surface area contributed by atoms with Gasteiger partial charge in [-0.15, -0.1) is 0 Å². The first-order valence-corrected chi connectivity index (χ1v) is 7.57. The lowest BCUT2D eigenvalue weighted by molar-refractivity contribution is -0.148. The molecule has 3 atom stereocenters. The Morgan fingerprint density at radius 1 is 1.28 bits per heavy atom. The molecule has 1 aliphatic carbocycles. The Balaban J connectivity index is 1.57. The largest absolute Gasteiger partial charge is 0.463 e. The van der Waals surface area contributed by atoms with Crippen molar-refractivity contribution in [1.29, 1.82) is 0 Å². The summed E-state index contributed by atoms with van der Waals surface area (Å²) in [4.78, 5) is 14.4. The van der Waals surface area contributed by atoms with E-state index in [4.69, 9.17) is 4.74 Å². The Labute approximate surface area is 110 Å². The summed E-state index contributed by atoms with van der Waals surface area (Å²) in [5, 5.41) is 0. The maximum atomic E-state index is 11.8. The van der Waals surface area contributed by atoms with E-state index >= 15 is 0 Å². The fraction of sp³-hybridized carbons (Fsp3) is 0.933. The Hall–Kier alpha value is -0.570. The van der Waals surface area contributed by atoms with Gasteiger partial charge in [-0.25, -0.2) is 0 Å². The Morgan fingerprint density at radius 3 is 2.61 bits per heavy atom. The molecule has 102 valence electrons. The predicted octanol–water partition coefficient (Wildman–Crippen LogP) is 2.45. The number of piperidine rings is 3. The maximum Gasteiger partial charge on any atom is 0.306 e. The molecule has 4 rings (SSSR count). The number of hydrogen-bond acceptors (Lipinski definition) is 3. The van der Waals surface area contributed by atoms with Gasteiger partial charge in [-0.05, 0) is 70.4 Å². The van der Waals surface area contributed by atoms with Gasteiger partial charge in [0.25, 0.3) is 0 Å². The van der Waals surface area contributed by atoms with E-state index in [9.17, 15) is 4.79 Å².